The number of nitrogens with zero attached hydrogens (tertiary/aromatic N) is 1. The standard InChI is InChI=1S/C16H17NO6S2/c1-9-16(2,3)15-12-7-10(24(18,19)20)8-14(25(21,22)23)11(12)5-6-13(15)17(9)4/h5-8H,1-4H3,(H-,18,19,20,21,22,23)/p+1. The fourth-order valence-electron chi connectivity index (χ4n) is 3.44. The second-order valence-corrected chi connectivity index (χ2v) is 9.51. The Labute approximate surface area is 146 Å². The zero-order chi connectivity index (χ0) is 18.9. The molecule has 0 aromatic heterocycles. The average molecular weight is 384 g/mol. The summed E-state index contributed by atoms with van der Waals surface area (Å²) in [5.41, 5.74) is 2.06. The van der Waals surface area contributed by atoms with Gasteiger partial charge in [0.1, 0.15) is 11.9 Å². The third kappa shape index (κ3) is 2.58. The van der Waals surface area contributed by atoms with Gasteiger partial charge in [0, 0.05) is 23.9 Å². The third-order valence-electron chi connectivity index (χ3n) is 5.02. The maximum Gasteiger partial charge on any atom is 0.295 e. The molecule has 7 nitrogen and oxygen atoms in total. The van der Waals surface area contributed by atoms with Crippen molar-refractivity contribution in [1.29, 1.82) is 0 Å². The van der Waals surface area contributed by atoms with Crippen LogP contribution >= 0.6 is 0 Å². The van der Waals surface area contributed by atoms with Gasteiger partial charge in [0.15, 0.2) is 5.71 Å². The van der Waals surface area contributed by atoms with Gasteiger partial charge in [-0.05, 0) is 37.4 Å². The maximum atomic E-state index is 11.8. The van der Waals surface area contributed by atoms with Crippen molar-refractivity contribution in [2.45, 2.75) is 36.0 Å². The first kappa shape index (κ1) is 18.0. The molecule has 0 saturated carbocycles. The Hall–Kier alpha value is -1.81. The van der Waals surface area contributed by atoms with Gasteiger partial charge in [0.05, 0.1) is 10.3 Å². The van der Waals surface area contributed by atoms with Gasteiger partial charge in [0.2, 0.25) is 5.69 Å². The highest BCUT2D eigenvalue weighted by molar-refractivity contribution is 7.86. The SMILES string of the molecule is CC1=[N+](C)c2ccc3c(S(=O)(=O)O)cc(S(=O)(=O)O)cc3c2C1(C)C. The van der Waals surface area contributed by atoms with Crippen LogP contribution in [0.15, 0.2) is 34.1 Å². The van der Waals surface area contributed by atoms with Crippen LogP contribution < -0.4 is 0 Å². The van der Waals surface area contributed by atoms with Gasteiger partial charge in [-0.1, -0.05) is 0 Å². The van der Waals surface area contributed by atoms with E-state index in [0.717, 1.165) is 23.0 Å². The Bertz CT molecular complexity index is 1170. The summed E-state index contributed by atoms with van der Waals surface area (Å²) in [6.45, 7) is 5.82. The Balaban J connectivity index is 2.59. The van der Waals surface area contributed by atoms with E-state index < -0.39 is 35.4 Å². The molecule has 0 radical (unpaired) electrons. The van der Waals surface area contributed by atoms with E-state index in [1.165, 1.54) is 12.1 Å². The predicted molar refractivity (Wildman–Crippen MR) is 93.1 cm³/mol. The summed E-state index contributed by atoms with van der Waals surface area (Å²) in [6, 6.07) is 5.27. The summed E-state index contributed by atoms with van der Waals surface area (Å²) in [6.07, 6.45) is 0. The molecule has 9 heteroatoms. The Morgan fingerprint density at radius 2 is 1.56 bits per heavy atom. The highest BCUT2D eigenvalue weighted by Crippen LogP contribution is 2.45. The molecule has 2 N–H and O–H groups in total. The molecule has 25 heavy (non-hydrogen) atoms. The topological polar surface area (TPSA) is 112 Å². The van der Waals surface area contributed by atoms with Crippen LogP contribution in [-0.2, 0) is 25.7 Å². The maximum absolute atomic E-state index is 11.8. The van der Waals surface area contributed by atoms with Gasteiger partial charge in [-0.3, -0.25) is 9.11 Å². The molecule has 0 amide bonds. The van der Waals surface area contributed by atoms with Crippen molar-refractivity contribution < 1.29 is 30.5 Å². The van der Waals surface area contributed by atoms with Crippen LogP contribution in [0.2, 0.25) is 0 Å². The lowest BCUT2D eigenvalue weighted by Gasteiger charge is -2.18. The molecule has 2 aromatic rings. The summed E-state index contributed by atoms with van der Waals surface area (Å²) >= 11 is 0. The van der Waals surface area contributed by atoms with E-state index in [-0.39, 0.29) is 5.39 Å². The van der Waals surface area contributed by atoms with Crippen molar-refractivity contribution >= 4 is 42.4 Å². The van der Waals surface area contributed by atoms with E-state index in [1.807, 2.05) is 32.4 Å². The zero-order valence-electron chi connectivity index (χ0n) is 14.1. The Kier molecular flexibility index (Phi) is 3.67. The van der Waals surface area contributed by atoms with E-state index in [2.05, 4.69) is 0 Å². The van der Waals surface area contributed by atoms with Gasteiger partial charge >= 0.3 is 0 Å². The normalized spacial score (nSPS) is 17.2. The van der Waals surface area contributed by atoms with Crippen LogP contribution in [0.4, 0.5) is 5.69 Å². The van der Waals surface area contributed by atoms with Crippen LogP contribution in [0, 0.1) is 0 Å². The molecule has 134 valence electrons. The molecule has 2 aromatic carbocycles. The van der Waals surface area contributed by atoms with E-state index >= 15 is 0 Å². The molecule has 0 spiro atoms. The molecule has 1 heterocycles. The Morgan fingerprint density at radius 3 is 2.08 bits per heavy atom. The molecule has 1 aliphatic rings. The van der Waals surface area contributed by atoms with Gasteiger partial charge in [-0.2, -0.15) is 16.8 Å². The van der Waals surface area contributed by atoms with E-state index in [9.17, 15) is 25.9 Å². The van der Waals surface area contributed by atoms with Gasteiger partial charge in [0.25, 0.3) is 20.2 Å². The fourth-order valence-corrected chi connectivity index (χ4v) is 4.78. The largest absolute Gasteiger partial charge is 0.295 e. The molecular weight excluding hydrogens is 366 g/mol. The molecule has 1 aliphatic heterocycles. The molecule has 0 unspecified atom stereocenters. The second-order valence-electron chi connectivity index (χ2n) is 6.70. The number of hydrogen-bond donors (Lipinski definition) is 2. The molecule has 0 atom stereocenters. The number of hydrogen-bond acceptors (Lipinski definition) is 4. The first-order chi connectivity index (χ1) is 11.3. The first-order valence-corrected chi connectivity index (χ1v) is 10.3. The number of benzene rings is 2. The van der Waals surface area contributed by atoms with Crippen molar-refractivity contribution in [3.05, 3.63) is 29.8 Å². The number of fused-ring (bicyclic) bond motifs is 3. The highest BCUT2D eigenvalue weighted by atomic mass is 32.2. The molecule has 0 aliphatic carbocycles. The molecule has 0 bridgehead atoms. The highest BCUT2D eigenvalue weighted by Gasteiger charge is 2.43. The summed E-state index contributed by atoms with van der Waals surface area (Å²) in [5.74, 6) is 0. The monoisotopic (exact) mass is 384 g/mol. The average Bonchev–Trinajstić information content (AvgIpc) is 2.65. The van der Waals surface area contributed by atoms with Gasteiger partial charge in [-0.15, -0.1) is 0 Å². The minimum absolute atomic E-state index is 0.199. The van der Waals surface area contributed by atoms with Gasteiger partial charge in [-0.25, -0.2) is 4.58 Å². The minimum Gasteiger partial charge on any atom is -0.282 e. The smallest absolute Gasteiger partial charge is 0.282 e. The van der Waals surface area contributed by atoms with Crippen molar-refractivity contribution in [2.24, 2.45) is 0 Å². The quantitative estimate of drug-likeness (QED) is 0.607. The molecule has 0 saturated heterocycles. The lowest BCUT2D eigenvalue weighted by Crippen LogP contribution is -2.25. The third-order valence-corrected chi connectivity index (χ3v) is 6.74. The number of rotatable bonds is 2. The van der Waals surface area contributed by atoms with Crippen LogP contribution in [0.3, 0.4) is 0 Å². The van der Waals surface area contributed by atoms with Gasteiger partial charge < -0.3 is 0 Å². The second kappa shape index (κ2) is 5.10. The zero-order valence-corrected chi connectivity index (χ0v) is 15.7. The summed E-state index contributed by atoms with van der Waals surface area (Å²) in [4.78, 5) is -1.13. The molecule has 0 fully saturated rings. The predicted octanol–water partition coefficient (Wildman–Crippen LogP) is 2.36. The first-order valence-electron chi connectivity index (χ1n) is 7.40. The molecule has 3 rings (SSSR count). The van der Waals surface area contributed by atoms with Crippen molar-refractivity contribution in [2.75, 3.05) is 7.05 Å². The van der Waals surface area contributed by atoms with Crippen molar-refractivity contribution in [3.8, 4) is 0 Å². The van der Waals surface area contributed by atoms with E-state index in [1.54, 1.807) is 6.07 Å². The van der Waals surface area contributed by atoms with E-state index in [0.29, 0.717) is 5.39 Å². The molecular formula is C16H18NO6S2+. The van der Waals surface area contributed by atoms with Crippen molar-refractivity contribution in [1.82, 2.24) is 0 Å². The minimum atomic E-state index is -4.69. The summed E-state index contributed by atoms with van der Waals surface area (Å²) in [5, 5.41) is 0.554. The lowest BCUT2D eigenvalue weighted by molar-refractivity contribution is -0.402. The van der Waals surface area contributed by atoms with Crippen LogP contribution in [0.1, 0.15) is 26.3 Å². The summed E-state index contributed by atoms with van der Waals surface area (Å²) < 4.78 is 67.7. The summed E-state index contributed by atoms with van der Waals surface area (Å²) in [7, 11) is -7.48. The van der Waals surface area contributed by atoms with Crippen LogP contribution in [0.25, 0.3) is 10.8 Å². The Morgan fingerprint density at radius 1 is 0.960 bits per heavy atom. The van der Waals surface area contributed by atoms with Crippen LogP contribution in [0.5, 0.6) is 0 Å². The fraction of sp³-hybridized carbons (Fsp3) is 0.312. The van der Waals surface area contributed by atoms with Crippen LogP contribution in [-0.4, -0.2) is 43.3 Å². The van der Waals surface area contributed by atoms with E-state index in [4.69, 9.17) is 0 Å². The lowest BCUT2D eigenvalue weighted by atomic mass is 9.80. The van der Waals surface area contributed by atoms with Crippen molar-refractivity contribution in [3.63, 3.8) is 0 Å².